The maximum Gasteiger partial charge on any atom is 0.240 e. The quantitative estimate of drug-likeness (QED) is 0.581. The van der Waals surface area contributed by atoms with Crippen molar-refractivity contribution >= 4 is 21.4 Å². The van der Waals surface area contributed by atoms with E-state index in [1.54, 1.807) is 19.1 Å². The lowest BCUT2D eigenvalue weighted by Gasteiger charge is -2.07. The highest BCUT2D eigenvalue weighted by Crippen LogP contribution is 2.16. The predicted octanol–water partition coefficient (Wildman–Crippen LogP) is 3.49. The van der Waals surface area contributed by atoms with E-state index in [1.807, 2.05) is 6.92 Å². The third-order valence-corrected chi connectivity index (χ3v) is 4.88. The van der Waals surface area contributed by atoms with Crippen molar-refractivity contribution in [1.82, 2.24) is 4.72 Å². The Morgan fingerprint density at radius 1 is 1.12 bits per heavy atom. The number of hydrogen-bond acceptors (Lipinski definition) is 4. The van der Waals surface area contributed by atoms with Crippen molar-refractivity contribution in [3.63, 3.8) is 0 Å². The maximum absolute atomic E-state index is 13.5. The fraction of sp³-hybridized carbons (Fsp3) is 0.235. The van der Waals surface area contributed by atoms with E-state index in [1.165, 1.54) is 18.2 Å². The van der Waals surface area contributed by atoms with Crippen LogP contribution in [0, 0.1) is 11.6 Å². The molecule has 0 heterocycles. The van der Waals surface area contributed by atoms with E-state index in [4.69, 9.17) is 0 Å². The van der Waals surface area contributed by atoms with Crippen LogP contribution in [-0.2, 0) is 10.0 Å². The maximum atomic E-state index is 13.5. The van der Waals surface area contributed by atoms with Crippen molar-refractivity contribution in [3.8, 4) is 0 Å². The molecule has 134 valence electrons. The number of nitrogens with zero attached hydrogens (tertiary/aromatic N) is 1. The number of hydrogen-bond donors (Lipinski definition) is 2. The minimum absolute atomic E-state index is 0.0451. The Balaban J connectivity index is 2.13. The molecule has 0 saturated carbocycles. The molecular weight excluding hydrogens is 348 g/mol. The lowest BCUT2D eigenvalue weighted by molar-refractivity contribution is 0.580. The topological polar surface area (TPSA) is 70.6 Å². The molecule has 25 heavy (non-hydrogen) atoms. The van der Waals surface area contributed by atoms with Gasteiger partial charge in [0.25, 0.3) is 0 Å². The molecule has 0 bridgehead atoms. The van der Waals surface area contributed by atoms with E-state index in [9.17, 15) is 17.2 Å². The van der Waals surface area contributed by atoms with Crippen LogP contribution >= 0.6 is 0 Å². The number of sulfonamides is 1. The summed E-state index contributed by atoms with van der Waals surface area (Å²) in [6.45, 7) is 3.94. The van der Waals surface area contributed by atoms with Crippen LogP contribution in [0.15, 0.2) is 52.5 Å². The van der Waals surface area contributed by atoms with Gasteiger partial charge in [0, 0.05) is 12.6 Å². The number of halogens is 2. The standard InChI is InChI=1S/C17H19F2N3O2S/c1-3-10-20-25(23,24)15-7-4-13(5-8-15)12(2)21-22-17-9-6-14(18)11-16(17)19/h4-9,11,20,22H,3,10H2,1-2H3/b21-12-. The highest BCUT2D eigenvalue weighted by Gasteiger charge is 2.13. The summed E-state index contributed by atoms with van der Waals surface area (Å²) in [6, 6.07) is 9.31. The van der Waals surface area contributed by atoms with Gasteiger partial charge in [-0.05, 0) is 43.2 Å². The molecule has 0 aliphatic heterocycles. The first-order valence-corrected chi connectivity index (χ1v) is 9.17. The van der Waals surface area contributed by atoms with Crippen LogP contribution < -0.4 is 10.1 Å². The minimum atomic E-state index is -3.52. The van der Waals surface area contributed by atoms with Crippen molar-refractivity contribution in [2.45, 2.75) is 25.2 Å². The molecular formula is C17H19F2N3O2S. The zero-order valence-corrected chi connectivity index (χ0v) is 14.7. The Kier molecular flexibility index (Phi) is 6.22. The SMILES string of the molecule is CCCNS(=O)(=O)c1ccc(/C(C)=N\Nc2ccc(F)cc2F)cc1. The number of benzene rings is 2. The Hall–Kier alpha value is -2.32. The van der Waals surface area contributed by atoms with Crippen molar-refractivity contribution in [2.75, 3.05) is 12.0 Å². The van der Waals surface area contributed by atoms with Gasteiger partial charge in [0.15, 0.2) is 5.82 Å². The highest BCUT2D eigenvalue weighted by atomic mass is 32.2. The summed E-state index contributed by atoms with van der Waals surface area (Å²) >= 11 is 0. The Morgan fingerprint density at radius 2 is 1.80 bits per heavy atom. The van der Waals surface area contributed by atoms with Crippen molar-refractivity contribution < 1.29 is 17.2 Å². The number of hydrazone groups is 1. The smallest absolute Gasteiger partial charge is 0.240 e. The molecule has 0 atom stereocenters. The third-order valence-electron chi connectivity index (χ3n) is 3.40. The molecule has 0 fully saturated rings. The summed E-state index contributed by atoms with van der Waals surface area (Å²) in [5, 5.41) is 4.04. The first kappa shape index (κ1) is 19.0. The Morgan fingerprint density at radius 3 is 2.40 bits per heavy atom. The van der Waals surface area contributed by atoms with Gasteiger partial charge < -0.3 is 0 Å². The molecule has 0 aliphatic rings. The first-order chi connectivity index (χ1) is 11.8. The van der Waals surface area contributed by atoms with E-state index < -0.39 is 21.7 Å². The summed E-state index contributed by atoms with van der Waals surface area (Å²) in [5.74, 6) is -1.42. The highest BCUT2D eigenvalue weighted by molar-refractivity contribution is 7.89. The van der Waals surface area contributed by atoms with Gasteiger partial charge in [-0.25, -0.2) is 21.9 Å². The Labute approximate surface area is 145 Å². The van der Waals surface area contributed by atoms with Crippen LogP contribution in [0.5, 0.6) is 0 Å². The largest absolute Gasteiger partial charge is 0.275 e. The summed E-state index contributed by atoms with van der Waals surface area (Å²) in [7, 11) is -3.52. The minimum Gasteiger partial charge on any atom is -0.275 e. The van der Waals surface area contributed by atoms with Crippen LogP contribution in [0.1, 0.15) is 25.8 Å². The van der Waals surface area contributed by atoms with E-state index in [2.05, 4.69) is 15.2 Å². The van der Waals surface area contributed by atoms with Gasteiger partial charge in [0.1, 0.15) is 5.82 Å². The summed E-state index contributed by atoms with van der Waals surface area (Å²) in [4.78, 5) is 0.162. The Bertz CT molecular complexity index is 866. The summed E-state index contributed by atoms with van der Waals surface area (Å²) < 4.78 is 52.9. The van der Waals surface area contributed by atoms with Crippen LogP contribution in [0.2, 0.25) is 0 Å². The van der Waals surface area contributed by atoms with E-state index in [-0.39, 0.29) is 10.6 Å². The normalized spacial score (nSPS) is 12.2. The molecule has 2 N–H and O–H groups in total. The first-order valence-electron chi connectivity index (χ1n) is 7.69. The van der Waals surface area contributed by atoms with Gasteiger partial charge in [-0.2, -0.15) is 5.10 Å². The molecule has 0 spiro atoms. The van der Waals surface area contributed by atoms with Crippen LogP contribution in [0.4, 0.5) is 14.5 Å². The monoisotopic (exact) mass is 367 g/mol. The molecule has 0 saturated heterocycles. The molecule has 0 unspecified atom stereocenters. The molecule has 0 amide bonds. The zero-order chi connectivity index (χ0) is 18.4. The van der Waals surface area contributed by atoms with Crippen LogP contribution in [-0.4, -0.2) is 20.7 Å². The molecule has 0 radical (unpaired) electrons. The second-order valence-electron chi connectivity index (χ2n) is 5.36. The number of nitrogens with one attached hydrogen (secondary N) is 2. The zero-order valence-electron chi connectivity index (χ0n) is 13.9. The molecule has 5 nitrogen and oxygen atoms in total. The lowest BCUT2D eigenvalue weighted by atomic mass is 10.1. The van der Waals surface area contributed by atoms with Gasteiger partial charge in [-0.15, -0.1) is 0 Å². The fourth-order valence-corrected chi connectivity index (χ4v) is 3.12. The van der Waals surface area contributed by atoms with Gasteiger partial charge >= 0.3 is 0 Å². The molecule has 2 aromatic rings. The van der Waals surface area contributed by atoms with Crippen molar-refractivity contribution in [3.05, 3.63) is 59.7 Å². The molecule has 2 rings (SSSR count). The van der Waals surface area contributed by atoms with E-state index in [0.29, 0.717) is 24.2 Å². The fourth-order valence-electron chi connectivity index (χ4n) is 1.98. The number of anilines is 1. The van der Waals surface area contributed by atoms with Gasteiger partial charge in [0.05, 0.1) is 16.3 Å². The predicted molar refractivity (Wildman–Crippen MR) is 94.1 cm³/mol. The molecule has 0 aliphatic carbocycles. The number of rotatable bonds is 7. The van der Waals surface area contributed by atoms with Crippen molar-refractivity contribution in [1.29, 1.82) is 0 Å². The molecule has 8 heteroatoms. The summed E-state index contributed by atoms with van der Waals surface area (Å²) in [5.41, 5.74) is 3.77. The lowest BCUT2D eigenvalue weighted by Crippen LogP contribution is -2.24. The average molecular weight is 367 g/mol. The van der Waals surface area contributed by atoms with E-state index >= 15 is 0 Å². The second-order valence-corrected chi connectivity index (χ2v) is 7.12. The van der Waals surface area contributed by atoms with Crippen molar-refractivity contribution in [2.24, 2.45) is 5.10 Å². The molecule has 0 aromatic heterocycles. The van der Waals surface area contributed by atoms with Crippen LogP contribution in [0.25, 0.3) is 0 Å². The van der Waals surface area contributed by atoms with E-state index in [0.717, 1.165) is 12.1 Å². The van der Waals surface area contributed by atoms with Crippen LogP contribution in [0.3, 0.4) is 0 Å². The molecule has 2 aromatic carbocycles. The van der Waals surface area contributed by atoms with Gasteiger partial charge in [-0.1, -0.05) is 19.1 Å². The van der Waals surface area contributed by atoms with Gasteiger partial charge in [0.2, 0.25) is 10.0 Å². The summed E-state index contributed by atoms with van der Waals surface area (Å²) in [6.07, 6.45) is 0.703. The second kappa shape index (κ2) is 8.17. The van der Waals surface area contributed by atoms with Gasteiger partial charge in [-0.3, -0.25) is 5.43 Å². The third kappa shape index (κ3) is 5.07. The average Bonchev–Trinajstić information content (AvgIpc) is 2.59.